The summed E-state index contributed by atoms with van der Waals surface area (Å²) in [7, 11) is 0. The summed E-state index contributed by atoms with van der Waals surface area (Å²) in [5.74, 6) is 0. The van der Waals surface area contributed by atoms with E-state index in [0.29, 0.717) is 6.04 Å². The first kappa shape index (κ1) is 18.0. The molecule has 0 fully saturated rings. The van der Waals surface area contributed by atoms with Gasteiger partial charge in [0, 0.05) is 12.4 Å². The third kappa shape index (κ3) is 8.75. The second-order valence-corrected chi connectivity index (χ2v) is 6.14. The van der Waals surface area contributed by atoms with Crippen LogP contribution < -0.4 is 0 Å². The zero-order valence-corrected chi connectivity index (χ0v) is 14.0. The molecule has 1 aromatic rings. The second-order valence-electron chi connectivity index (χ2n) is 6.14. The Balaban J connectivity index is 1.89. The van der Waals surface area contributed by atoms with Crippen LogP contribution in [0.5, 0.6) is 0 Å². The quantitative estimate of drug-likeness (QED) is 0.290. The standard InChI is InChI=1S/C19H34N2/c1-3-5-6-7-8-9-10-11-12-13-14-15-19(4-2)21-17-16-20-18-21/h4,16-19H,2-3,5-15H2,1H3. The molecule has 1 rings (SSSR count). The molecule has 0 saturated heterocycles. The van der Waals surface area contributed by atoms with Crippen LogP contribution in [0.3, 0.4) is 0 Å². The van der Waals surface area contributed by atoms with E-state index in [2.05, 4.69) is 23.1 Å². The maximum absolute atomic E-state index is 4.11. The molecule has 1 unspecified atom stereocenters. The molecule has 1 aromatic heterocycles. The van der Waals surface area contributed by atoms with Crippen LogP contribution in [0.1, 0.15) is 90.0 Å². The topological polar surface area (TPSA) is 17.8 Å². The summed E-state index contributed by atoms with van der Waals surface area (Å²) in [6.45, 7) is 6.22. The molecule has 2 nitrogen and oxygen atoms in total. The maximum atomic E-state index is 4.11. The van der Waals surface area contributed by atoms with Gasteiger partial charge in [0.15, 0.2) is 0 Å². The van der Waals surface area contributed by atoms with Crippen molar-refractivity contribution < 1.29 is 0 Å². The Bertz CT molecular complexity index is 329. The summed E-state index contributed by atoms with van der Waals surface area (Å²) in [6, 6.07) is 0.422. The van der Waals surface area contributed by atoms with E-state index in [4.69, 9.17) is 0 Å². The van der Waals surface area contributed by atoms with E-state index in [1.54, 1.807) is 0 Å². The molecule has 120 valence electrons. The number of aromatic nitrogens is 2. The van der Waals surface area contributed by atoms with Gasteiger partial charge in [0.1, 0.15) is 0 Å². The monoisotopic (exact) mass is 290 g/mol. The van der Waals surface area contributed by atoms with Gasteiger partial charge in [0.05, 0.1) is 12.4 Å². The normalized spacial score (nSPS) is 12.4. The molecular weight excluding hydrogens is 256 g/mol. The van der Waals surface area contributed by atoms with E-state index in [-0.39, 0.29) is 0 Å². The van der Waals surface area contributed by atoms with Gasteiger partial charge in [-0.05, 0) is 6.42 Å². The van der Waals surface area contributed by atoms with Gasteiger partial charge in [-0.2, -0.15) is 0 Å². The summed E-state index contributed by atoms with van der Waals surface area (Å²) < 4.78 is 2.16. The average molecular weight is 290 g/mol. The highest BCUT2D eigenvalue weighted by Crippen LogP contribution is 2.18. The molecular formula is C19H34N2. The SMILES string of the molecule is C=CC(CCCCCCCCCCCCC)n1ccnc1. The van der Waals surface area contributed by atoms with Crippen LogP contribution >= 0.6 is 0 Å². The van der Waals surface area contributed by atoms with Crippen LogP contribution in [0.15, 0.2) is 31.4 Å². The van der Waals surface area contributed by atoms with Crippen molar-refractivity contribution in [2.45, 2.75) is 90.0 Å². The van der Waals surface area contributed by atoms with E-state index >= 15 is 0 Å². The zero-order valence-electron chi connectivity index (χ0n) is 14.0. The minimum absolute atomic E-state index is 0.422. The third-order valence-corrected chi connectivity index (χ3v) is 4.28. The van der Waals surface area contributed by atoms with Crippen molar-refractivity contribution in [1.29, 1.82) is 0 Å². The number of rotatable bonds is 14. The van der Waals surface area contributed by atoms with Crippen LogP contribution in [0.2, 0.25) is 0 Å². The van der Waals surface area contributed by atoms with Crippen molar-refractivity contribution in [1.82, 2.24) is 9.55 Å². The van der Waals surface area contributed by atoms with Crippen molar-refractivity contribution in [3.8, 4) is 0 Å². The van der Waals surface area contributed by atoms with E-state index in [0.717, 1.165) is 0 Å². The highest BCUT2D eigenvalue weighted by Gasteiger charge is 2.04. The Hall–Kier alpha value is -1.05. The zero-order chi connectivity index (χ0) is 15.2. The Morgan fingerprint density at radius 2 is 1.52 bits per heavy atom. The largest absolute Gasteiger partial charge is 0.331 e. The molecule has 21 heavy (non-hydrogen) atoms. The third-order valence-electron chi connectivity index (χ3n) is 4.28. The maximum Gasteiger partial charge on any atom is 0.0951 e. The Labute approximate surface area is 131 Å². The lowest BCUT2D eigenvalue weighted by molar-refractivity contribution is 0.497. The van der Waals surface area contributed by atoms with Gasteiger partial charge < -0.3 is 4.57 Å². The first-order chi connectivity index (χ1) is 10.4. The van der Waals surface area contributed by atoms with Gasteiger partial charge in [-0.3, -0.25) is 0 Å². The van der Waals surface area contributed by atoms with Crippen molar-refractivity contribution in [2.75, 3.05) is 0 Å². The Kier molecular flexibility index (Phi) is 10.9. The molecule has 0 N–H and O–H groups in total. The van der Waals surface area contributed by atoms with Crippen molar-refractivity contribution in [3.05, 3.63) is 31.4 Å². The molecule has 0 aliphatic heterocycles. The van der Waals surface area contributed by atoms with Crippen LogP contribution in [-0.4, -0.2) is 9.55 Å². The number of allylic oxidation sites excluding steroid dienone is 1. The molecule has 0 aromatic carbocycles. The molecule has 1 heterocycles. The van der Waals surface area contributed by atoms with Gasteiger partial charge in [-0.25, -0.2) is 4.98 Å². The van der Waals surface area contributed by atoms with Crippen LogP contribution in [-0.2, 0) is 0 Å². The van der Waals surface area contributed by atoms with Gasteiger partial charge in [-0.15, -0.1) is 6.58 Å². The Morgan fingerprint density at radius 1 is 0.952 bits per heavy atom. The van der Waals surface area contributed by atoms with E-state index < -0.39 is 0 Å². The lowest BCUT2D eigenvalue weighted by atomic mass is 10.0. The fourth-order valence-corrected chi connectivity index (χ4v) is 2.87. The molecule has 0 amide bonds. The highest BCUT2D eigenvalue weighted by molar-refractivity contribution is 4.89. The molecule has 0 radical (unpaired) electrons. The fraction of sp³-hybridized carbons (Fsp3) is 0.737. The van der Waals surface area contributed by atoms with Crippen LogP contribution in [0.25, 0.3) is 0 Å². The minimum Gasteiger partial charge on any atom is -0.331 e. The average Bonchev–Trinajstić information content (AvgIpc) is 3.03. The number of unbranched alkanes of at least 4 members (excludes halogenated alkanes) is 10. The van der Waals surface area contributed by atoms with E-state index in [1.807, 2.05) is 24.8 Å². The van der Waals surface area contributed by atoms with Gasteiger partial charge in [-0.1, -0.05) is 83.6 Å². The summed E-state index contributed by atoms with van der Waals surface area (Å²) in [4.78, 5) is 4.11. The molecule has 1 atom stereocenters. The number of nitrogens with zero attached hydrogens (tertiary/aromatic N) is 2. The summed E-state index contributed by atoms with van der Waals surface area (Å²) in [5.41, 5.74) is 0. The predicted molar refractivity (Wildman–Crippen MR) is 92.5 cm³/mol. The molecule has 0 aliphatic carbocycles. The number of hydrogen-bond acceptors (Lipinski definition) is 1. The smallest absolute Gasteiger partial charge is 0.0951 e. The van der Waals surface area contributed by atoms with E-state index in [9.17, 15) is 0 Å². The molecule has 0 spiro atoms. The highest BCUT2D eigenvalue weighted by atomic mass is 15.0. The van der Waals surface area contributed by atoms with Crippen molar-refractivity contribution in [2.24, 2.45) is 0 Å². The fourth-order valence-electron chi connectivity index (χ4n) is 2.87. The first-order valence-electron chi connectivity index (χ1n) is 8.98. The minimum atomic E-state index is 0.422. The molecule has 0 aliphatic rings. The molecule has 2 heteroatoms. The predicted octanol–water partition coefficient (Wildman–Crippen LogP) is 6.31. The summed E-state index contributed by atoms with van der Waals surface area (Å²) in [5, 5.41) is 0. The van der Waals surface area contributed by atoms with Crippen molar-refractivity contribution in [3.63, 3.8) is 0 Å². The van der Waals surface area contributed by atoms with Gasteiger partial charge >= 0.3 is 0 Å². The first-order valence-corrected chi connectivity index (χ1v) is 8.98. The van der Waals surface area contributed by atoms with Crippen LogP contribution in [0, 0.1) is 0 Å². The number of imidazole rings is 1. The van der Waals surface area contributed by atoms with E-state index in [1.165, 1.54) is 77.0 Å². The second kappa shape index (κ2) is 12.7. The van der Waals surface area contributed by atoms with Gasteiger partial charge in [0.25, 0.3) is 0 Å². The van der Waals surface area contributed by atoms with Gasteiger partial charge in [0.2, 0.25) is 0 Å². The van der Waals surface area contributed by atoms with Crippen molar-refractivity contribution >= 4 is 0 Å². The lowest BCUT2D eigenvalue weighted by Crippen LogP contribution is -2.03. The Morgan fingerprint density at radius 3 is 2.00 bits per heavy atom. The van der Waals surface area contributed by atoms with Crippen LogP contribution in [0.4, 0.5) is 0 Å². The molecule has 0 bridgehead atoms. The summed E-state index contributed by atoms with van der Waals surface area (Å²) >= 11 is 0. The summed E-state index contributed by atoms with van der Waals surface area (Å²) in [6.07, 6.45) is 24.4. The lowest BCUT2D eigenvalue weighted by Gasteiger charge is -2.13. The molecule has 0 saturated carbocycles. The number of hydrogen-bond donors (Lipinski definition) is 0.